The van der Waals surface area contributed by atoms with Crippen LogP contribution in [0.4, 0.5) is 0 Å². The van der Waals surface area contributed by atoms with E-state index in [1.807, 2.05) is 72.8 Å². The first-order chi connectivity index (χ1) is 18.0. The Kier molecular flexibility index (Phi) is 8.95. The van der Waals surface area contributed by atoms with E-state index in [0.29, 0.717) is 6.54 Å². The number of sulfonamides is 1. The van der Waals surface area contributed by atoms with Gasteiger partial charge < -0.3 is 15.2 Å². The Morgan fingerprint density at radius 1 is 0.757 bits per heavy atom. The minimum absolute atomic E-state index is 0.0132. The van der Waals surface area contributed by atoms with E-state index >= 15 is 0 Å². The van der Waals surface area contributed by atoms with Crippen molar-refractivity contribution in [3.05, 3.63) is 126 Å². The van der Waals surface area contributed by atoms with Crippen molar-refractivity contribution in [2.45, 2.75) is 29.8 Å². The lowest BCUT2D eigenvalue weighted by molar-refractivity contribution is 0.414. The van der Waals surface area contributed by atoms with Crippen LogP contribution in [0.25, 0.3) is 0 Å². The maximum atomic E-state index is 13.4. The molecule has 0 aliphatic heterocycles. The van der Waals surface area contributed by atoms with Crippen LogP contribution in [0.5, 0.6) is 11.5 Å². The number of methoxy groups -OCH3 is 1. The van der Waals surface area contributed by atoms with Crippen molar-refractivity contribution in [3.63, 3.8) is 0 Å². The first-order valence-corrected chi connectivity index (χ1v) is 13.7. The second-order valence-corrected chi connectivity index (χ2v) is 10.5. The number of phenolic OH excluding ortho intramolecular Hbond substituents is 1. The molecule has 0 bridgehead atoms. The molecular formula is C30H32N2O4S. The summed E-state index contributed by atoms with van der Waals surface area (Å²) in [7, 11) is -2.22. The van der Waals surface area contributed by atoms with Crippen molar-refractivity contribution < 1.29 is 18.3 Å². The molecule has 3 N–H and O–H groups in total. The van der Waals surface area contributed by atoms with Gasteiger partial charge in [0, 0.05) is 0 Å². The molecule has 37 heavy (non-hydrogen) atoms. The molecule has 4 aromatic carbocycles. The van der Waals surface area contributed by atoms with Gasteiger partial charge in [-0.05, 0) is 72.5 Å². The van der Waals surface area contributed by atoms with E-state index in [-0.39, 0.29) is 16.7 Å². The van der Waals surface area contributed by atoms with Gasteiger partial charge in [-0.2, -0.15) is 0 Å². The average molecular weight is 517 g/mol. The highest BCUT2D eigenvalue weighted by Crippen LogP contribution is 2.31. The molecule has 0 aromatic heterocycles. The van der Waals surface area contributed by atoms with Gasteiger partial charge in [-0.15, -0.1) is 0 Å². The molecule has 0 aliphatic carbocycles. The van der Waals surface area contributed by atoms with Gasteiger partial charge >= 0.3 is 0 Å². The molecule has 0 heterocycles. The molecule has 0 amide bonds. The number of hydrogen-bond donors (Lipinski definition) is 3. The number of aryl methyl sites for hydroxylation is 1. The third-order valence-corrected chi connectivity index (χ3v) is 7.70. The number of ether oxygens (including phenoxy) is 1. The highest BCUT2D eigenvalue weighted by Gasteiger charge is 2.29. The minimum atomic E-state index is -3.87. The van der Waals surface area contributed by atoms with Crippen molar-refractivity contribution in [2.75, 3.05) is 13.7 Å². The SMILES string of the molecule is COc1ccc(CCCN[C@H](c2ccccc2)[C@H](NS(=O)(=O)c2ccc(O)cc2)c2ccccc2)cc1. The first kappa shape index (κ1) is 26.4. The number of rotatable bonds is 12. The maximum Gasteiger partial charge on any atom is 0.241 e. The third-order valence-electron chi connectivity index (χ3n) is 6.25. The zero-order valence-electron chi connectivity index (χ0n) is 20.7. The summed E-state index contributed by atoms with van der Waals surface area (Å²) in [4.78, 5) is 0.0950. The van der Waals surface area contributed by atoms with Gasteiger partial charge in [-0.25, -0.2) is 13.1 Å². The van der Waals surface area contributed by atoms with Crippen LogP contribution in [0, 0.1) is 0 Å². The van der Waals surface area contributed by atoms with Crippen LogP contribution in [0.3, 0.4) is 0 Å². The zero-order chi connectivity index (χ0) is 26.1. The highest BCUT2D eigenvalue weighted by atomic mass is 32.2. The normalized spacial score (nSPS) is 13.1. The largest absolute Gasteiger partial charge is 0.508 e. The molecule has 6 nitrogen and oxygen atoms in total. The van der Waals surface area contributed by atoms with Crippen LogP contribution in [-0.2, 0) is 16.4 Å². The van der Waals surface area contributed by atoms with Crippen LogP contribution in [0.1, 0.15) is 35.2 Å². The predicted octanol–water partition coefficient (Wildman–Crippen LogP) is 5.38. The molecule has 0 saturated carbocycles. The van der Waals surface area contributed by atoms with Crippen LogP contribution in [0.15, 0.2) is 114 Å². The molecule has 4 rings (SSSR count). The molecule has 0 spiro atoms. The Hall–Kier alpha value is -3.65. The standard InChI is InChI=1S/C30H32N2O4S/c1-36-27-18-14-23(15-19-27)9-8-22-31-29(24-10-4-2-5-11-24)30(25-12-6-3-7-13-25)32-37(34,35)28-20-16-26(33)17-21-28/h2-7,10-21,29-33H,8-9,22H2,1H3/t29-,30-/m1/s1. The van der Waals surface area contributed by atoms with E-state index in [0.717, 1.165) is 29.7 Å². The van der Waals surface area contributed by atoms with Gasteiger partial charge in [0.05, 0.1) is 24.1 Å². The molecule has 4 aromatic rings. The lowest BCUT2D eigenvalue weighted by Gasteiger charge is -2.30. The number of phenols is 1. The fourth-order valence-corrected chi connectivity index (χ4v) is 5.52. The number of aromatic hydroxyl groups is 1. The van der Waals surface area contributed by atoms with E-state index in [9.17, 15) is 13.5 Å². The van der Waals surface area contributed by atoms with Crippen molar-refractivity contribution in [1.29, 1.82) is 0 Å². The van der Waals surface area contributed by atoms with Crippen molar-refractivity contribution >= 4 is 10.0 Å². The van der Waals surface area contributed by atoms with Gasteiger partial charge in [-0.1, -0.05) is 72.8 Å². The van der Waals surface area contributed by atoms with Gasteiger partial charge in [0.25, 0.3) is 0 Å². The first-order valence-electron chi connectivity index (χ1n) is 12.2. The summed E-state index contributed by atoms with van der Waals surface area (Å²) in [5.74, 6) is 0.844. The summed E-state index contributed by atoms with van der Waals surface area (Å²) in [6, 6.07) is 32.2. The summed E-state index contributed by atoms with van der Waals surface area (Å²) in [6.45, 7) is 0.690. The Bertz CT molecular complexity index is 1340. The van der Waals surface area contributed by atoms with E-state index in [1.165, 1.54) is 29.8 Å². The summed E-state index contributed by atoms with van der Waals surface area (Å²) in [6.07, 6.45) is 1.76. The van der Waals surface area contributed by atoms with Crippen LogP contribution >= 0.6 is 0 Å². The van der Waals surface area contributed by atoms with Gasteiger partial charge in [0.15, 0.2) is 0 Å². The van der Waals surface area contributed by atoms with Gasteiger partial charge in [0.1, 0.15) is 11.5 Å². The molecular weight excluding hydrogens is 484 g/mol. The topological polar surface area (TPSA) is 87.7 Å². The molecule has 0 radical (unpaired) electrons. The van der Waals surface area contributed by atoms with Crippen molar-refractivity contribution in [3.8, 4) is 11.5 Å². The summed E-state index contributed by atoms with van der Waals surface area (Å²) in [5.41, 5.74) is 3.04. The highest BCUT2D eigenvalue weighted by molar-refractivity contribution is 7.89. The lowest BCUT2D eigenvalue weighted by atomic mass is 9.94. The summed E-state index contributed by atoms with van der Waals surface area (Å²) in [5, 5.41) is 13.2. The Labute approximate surface area is 219 Å². The number of benzene rings is 4. The second-order valence-electron chi connectivity index (χ2n) is 8.80. The summed E-state index contributed by atoms with van der Waals surface area (Å²) < 4.78 is 35.0. The monoisotopic (exact) mass is 516 g/mol. The molecule has 7 heteroatoms. The fourth-order valence-electron chi connectivity index (χ4n) is 4.28. The maximum absolute atomic E-state index is 13.4. The second kappa shape index (κ2) is 12.5. The minimum Gasteiger partial charge on any atom is -0.508 e. The van der Waals surface area contributed by atoms with E-state index in [1.54, 1.807) is 7.11 Å². The molecule has 0 saturated heterocycles. The van der Waals surface area contributed by atoms with Crippen LogP contribution < -0.4 is 14.8 Å². The number of nitrogens with one attached hydrogen (secondary N) is 2. The zero-order valence-corrected chi connectivity index (χ0v) is 21.6. The molecule has 0 unspecified atom stereocenters. The number of hydrogen-bond acceptors (Lipinski definition) is 5. The fraction of sp³-hybridized carbons (Fsp3) is 0.200. The van der Waals surface area contributed by atoms with E-state index < -0.39 is 16.1 Å². The molecule has 0 fully saturated rings. The average Bonchev–Trinajstić information content (AvgIpc) is 2.93. The predicted molar refractivity (Wildman–Crippen MR) is 146 cm³/mol. The van der Waals surface area contributed by atoms with E-state index in [2.05, 4.69) is 22.2 Å². The van der Waals surface area contributed by atoms with Crippen molar-refractivity contribution in [2.24, 2.45) is 0 Å². The van der Waals surface area contributed by atoms with Crippen LogP contribution in [0.2, 0.25) is 0 Å². The van der Waals surface area contributed by atoms with Gasteiger partial charge in [-0.3, -0.25) is 0 Å². The Balaban J connectivity index is 1.58. The van der Waals surface area contributed by atoms with Crippen LogP contribution in [-0.4, -0.2) is 27.2 Å². The van der Waals surface area contributed by atoms with Crippen molar-refractivity contribution in [1.82, 2.24) is 10.0 Å². The molecule has 192 valence electrons. The van der Waals surface area contributed by atoms with Gasteiger partial charge in [0.2, 0.25) is 10.0 Å². The summed E-state index contributed by atoms with van der Waals surface area (Å²) >= 11 is 0. The van der Waals surface area contributed by atoms with E-state index in [4.69, 9.17) is 4.74 Å². The lowest BCUT2D eigenvalue weighted by Crippen LogP contribution is -2.39. The Morgan fingerprint density at radius 2 is 1.32 bits per heavy atom. The third kappa shape index (κ3) is 7.20. The molecule has 0 aliphatic rings. The smallest absolute Gasteiger partial charge is 0.241 e. The molecule has 2 atom stereocenters. The Morgan fingerprint density at radius 3 is 1.89 bits per heavy atom. The quantitative estimate of drug-likeness (QED) is 0.220.